The van der Waals surface area contributed by atoms with Gasteiger partial charge in [-0.1, -0.05) is 46.5 Å². The second-order valence-corrected chi connectivity index (χ2v) is 6.16. The largest absolute Gasteiger partial charge is 0.330 e. The highest BCUT2D eigenvalue weighted by molar-refractivity contribution is 4.85. The van der Waals surface area contributed by atoms with Crippen molar-refractivity contribution in [2.75, 3.05) is 6.54 Å². The fourth-order valence-electron chi connectivity index (χ4n) is 3.09. The molecule has 0 aromatic rings. The Morgan fingerprint density at radius 1 is 1.20 bits per heavy atom. The van der Waals surface area contributed by atoms with E-state index < -0.39 is 0 Å². The Labute approximate surface area is 95.8 Å². The molecule has 1 heteroatoms. The van der Waals surface area contributed by atoms with Crippen LogP contribution in [0.1, 0.15) is 65.7 Å². The van der Waals surface area contributed by atoms with E-state index in [0.717, 1.165) is 18.4 Å². The number of hydrogen-bond acceptors (Lipinski definition) is 1. The lowest BCUT2D eigenvalue weighted by Crippen LogP contribution is -2.34. The Bertz CT molecular complexity index is 174. The van der Waals surface area contributed by atoms with Crippen molar-refractivity contribution in [3.05, 3.63) is 0 Å². The van der Waals surface area contributed by atoms with Gasteiger partial charge in [-0.2, -0.15) is 0 Å². The van der Waals surface area contributed by atoms with Gasteiger partial charge in [-0.15, -0.1) is 0 Å². The van der Waals surface area contributed by atoms with Crippen molar-refractivity contribution in [3.63, 3.8) is 0 Å². The van der Waals surface area contributed by atoms with E-state index in [1.165, 1.54) is 44.9 Å². The van der Waals surface area contributed by atoms with Crippen molar-refractivity contribution in [1.82, 2.24) is 0 Å². The summed E-state index contributed by atoms with van der Waals surface area (Å²) in [5.41, 5.74) is 6.46. The van der Waals surface area contributed by atoms with Gasteiger partial charge in [0.25, 0.3) is 0 Å². The maximum Gasteiger partial charge on any atom is -0.00462 e. The quantitative estimate of drug-likeness (QED) is 0.684. The van der Waals surface area contributed by atoms with Gasteiger partial charge in [0.1, 0.15) is 0 Å². The molecule has 2 unspecified atom stereocenters. The Hall–Kier alpha value is -0.0400. The van der Waals surface area contributed by atoms with Crippen LogP contribution in [0.25, 0.3) is 0 Å². The molecule has 0 bridgehead atoms. The summed E-state index contributed by atoms with van der Waals surface area (Å²) in [6.07, 6.45) is 9.70. The molecule has 1 aliphatic rings. The monoisotopic (exact) mass is 211 g/mol. The predicted molar refractivity (Wildman–Crippen MR) is 67.8 cm³/mol. The molecule has 15 heavy (non-hydrogen) atoms. The zero-order valence-electron chi connectivity index (χ0n) is 10.9. The summed E-state index contributed by atoms with van der Waals surface area (Å²) in [7, 11) is 0. The maximum absolute atomic E-state index is 5.89. The smallest absolute Gasteiger partial charge is 0.00462 e. The van der Waals surface area contributed by atoms with Crippen LogP contribution in [-0.2, 0) is 0 Å². The van der Waals surface area contributed by atoms with Gasteiger partial charge in [0.05, 0.1) is 0 Å². The van der Waals surface area contributed by atoms with E-state index in [9.17, 15) is 0 Å². The first-order valence-corrected chi connectivity index (χ1v) is 6.79. The van der Waals surface area contributed by atoms with Gasteiger partial charge in [0.15, 0.2) is 0 Å². The van der Waals surface area contributed by atoms with E-state index in [4.69, 9.17) is 5.73 Å². The van der Waals surface area contributed by atoms with Crippen LogP contribution in [0.15, 0.2) is 0 Å². The molecule has 1 aliphatic carbocycles. The van der Waals surface area contributed by atoms with Gasteiger partial charge in [-0.25, -0.2) is 0 Å². The van der Waals surface area contributed by atoms with Gasteiger partial charge in [0.2, 0.25) is 0 Å². The molecular weight excluding hydrogens is 182 g/mol. The molecule has 0 aromatic carbocycles. The van der Waals surface area contributed by atoms with Crippen molar-refractivity contribution >= 4 is 0 Å². The third-order valence-electron chi connectivity index (χ3n) is 4.15. The molecule has 2 atom stereocenters. The summed E-state index contributed by atoms with van der Waals surface area (Å²) < 4.78 is 0. The number of hydrogen-bond donors (Lipinski definition) is 1. The topological polar surface area (TPSA) is 26.0 Å². The molecule has 1 fully saturated rings. The van der Waals surface area contributed by atoms with Crippen molar-refractivity contribution in [3.8, 4) is 0 Å². The van der Waals surface area contributed by atoms with Crippen LogP contribution in [0, 0.1) is 17.3 Å². The van der Waals surface area contributed by atoms with E-state index >= 15 is 0 Å². The minimum absolute atomic E-state index is 0.572. The Morgan fingerprint density at radius 3 is 2.53 bits per heavy atom. The van der Waals surface area contributed by atoms with Gasteiger partial charge < -0.3 is 5.73 Å². The molecule has 1 nitrogen and oxygen atoms in total. The van der Waals surface area contributed by atoms with Gasteiger partial charge >= 0.3 is 0 Å². The maximum atomic E-state index is 5.89. The molecule has 0 heterocycles. The standard InChI is InChI=1S/C14H29N/c1-4-5-6-7-12-10-14(2,3)9-8-13(12)11-15/h12-13H,4-11,15H2,1-3H3. The second kappa shape index (κ2) is 5.89. The number of nitrogens with two attached hydrogens (primary N) is 1. The van der Waals surface area contributed by atoms with Gasteiger partial charge in [-0.3, -0.25) is 0 Å². The molecule has 0 saturated heterocycles. The third-order valence-corrected chi connectivity index (χ3v) is 4.15. The lowest BCUT2D eigenvalue weighted by Gasteiger charge is -2.40. The van der Waals surface area contributed by atoms with E-state index in [-0.39, 0.29) is 0 Å². The average Bonchev–Trinajstić information content (AvgIpc) is 2.17. The van der Waals surface area contributed by atoms with Crippen LogP contribution in [0.4, 0.5) is 0 Å². The first-order chi connectivity index (χ1) is 7.09. The predicted octanol–water partition coefficient (Wildman–Crippen LogP) is 3.97. The van der Waals surface area contributed by atoms with Crippen LogP contribution in [0.5, 0.6) is 0 Å². The second-order valence-electron chi connectivity index (χ2n) is 6.16. The molecule has 90 valence electrons. The zero-order chi connectivity index (χ0) is 11.3. The highest BCUT2D eigenvalue weighted by Crippen LogP contribution is 2.43. The summed E-state index contributed by atoms with van der Waals surface area (Å²) in [5.74, 6) is 1.72. The first kappa shape index (κ1) is 13.0. The molecule has 0 aliphatic heterocycles. The molecule has 0 aromatic heterocycles. The minimum atomic E-state index is 0.572. The third kappa shape index (κ3) is 4.14. The van der Waals surface area contributed by atoms with Crippen LogP contribution in [-0.4, -0.2) is 6.54 Å². The Kier molecular flexibility index (Phi) is 5.11. The van der Waals surface area contributed by atoms with Crippen molar-refractivity contribution in [2.45, 2.75) is 65.7 Å². The van der Waals surface area contributed by atoms with Gasteiger partial charge in [-0.05, 0) is 43.1 Å². The SMILES string of the molecule is CCCCCC1CC(C)(C)CCC1CN. The summed E-state index contributed by atoms with van der Waals surface area (Å²) in [5, 5.41) is 0. The fourth-order valence-corrected chi connectivity index (χ4v) is 3.09. The number of rotatable bonds is 5. The summed E-state index contributed by atoms with van der Waals surface area (Å²) in [6, 6.07) is 0. The Balaban J connectivity index is 2.41. The van der Waals surface area contributed by atoms with E-state index in [2.05, 4.69) is 20.8 Å². The normalized spacial score (nSPS) is 30.4. The minimum Gasteiger partial charge on any atom is -0.330 e. The highest BCUT2D eigenvalue weighted by atomic mass is 14.6. The first-order valence-electron chi connectivity index (χ1n) is 6.79. The van der Waals surface area contributed by atoms with Gasteiger partial charge in [0, 0.05) is 0 Å². The molecule has 2 N–H and O–H groups in total. The Morgan fingerprint density at radius 2 is 1.93 bits per heavy atom. The molecular formula is C14H29N. The molecule has 1 rings (SSSR count). The van der Waals surface area contributed by atoms with Crippen LogP contribution in [0.3, 0.4) is 0 Å². The summed E-state index contributed by atoms with van der Waals surface area (Å²) in [4.78, 5) is 0. The molecule has 0 radical (unpaired) electrons. The van der Waals surface area contributed by atoms with Crippen LogP contribution in [0.2, 0.25) is 0 Å². The van der Waals surface area contributed by atoms with Crippen LogP contribution < -0.4 is 5.73 Å². The van der Waals surface area contributed by atoms with E-state index in [1.807, 2.05) is 0 Å². The highest BCUT2D eigenvalue weighted by Gasteiger charge is 2.33. The number of unbranched alkanes of at least 4 members (excludes halogenated alkanes) is 2. The summed E-state index contributed by atoms with van der Waals surface area (Å²) >= 11 is 0. The zero-order valence-corrected chi connectivity index (χ0v) is 10.9. The van der Waals surface area contributed by atoms with E-state index in [1.54, 1.807) is 0 Å². The molecule has 1 saturated carbocycles. The molecule has 0 spiro atoms. The van der Waals surface area contributed by atoms with E-state index in [0.29, 0.717) is 5.41 Å². The van der Waals surface area contributed by atoms with Crippen molar-refractivity contribution in [2.24, 2.45) is 23.0 Å². The summed E-state index contributed by atoms with van der Waals surface area (Å²) in [6.45, 7) is 8.04. The molecule has 0 amide bonds. The lowest BCUT2D eigenvalue weighted by atomic mass is 9.66. The van der Waals surface area contributed by atoms with Crippen molar-refractivity contribution in [1.29, 1.82) is 0 Å². The lowest BCUT2D eigenvalue weighted by molar-refractivity contribution is 0.113. The van der Waals surface area contributed by atoms with Crippen molar-refractivity contribution < 1.29 is 0 Å². The fraction of sp³-hybridized carbons (Fsp3) is 1.00. The van der Waals surface area contributed by atoms with Crippen LogP contribution >= 0.6 is 0 Å². The average molecular weight is 211 g/mol.